The van der Waals surface area contributed by atoms with E-state index >= 15 is 0 Å². The minimum Gasteiger partial charge on any atom is -0.367 e. The number of ether oxygens (including phenoxy) is 1. The van der Waals surface area contributed by atoms with Crippen LogP contribution in [0.25, 0.3) is 0 Å². The first-order valence-corrected chi connectivity index (χ1v) is 8.60. The molecule has 0 N–H and O–H groups in total. The highest BCUT2D eigenvalue weighted by Gasteiger charge is 2.34. The standard InChI is InChI=1S/C14H19ClIN3O/c1-8(2)12-11(16)13(15)18-14(17-12)10-6-19-5-3-4-9(19)7-20-10/h8-10H,3-7H2,1-2H3. The number of aromatic nitrogens is 2. The predicted octanol–water partition coefficient (Wildman–Crippen LogP) is 3.39. The Morgan fingerprint density at radius 3 is 2.95 bits per heavy atom. The number of rotatable bonds is 2. The molecule has 2 aliphatic rings. The maximum Gasteiger partial charge on any atom is 0.160 e. The summed E-state index contributed by atoms with van der Waals surface area (Å²) in [5, 5.41) is 0.548. The molecule has 3 heterocycles. The number of nitrogens with zero attached hydrogens (tertiary/aromatic N) is 3. The van der Waals surface area contributed by atoms with E-state index in [-0.39, 0.29) is 6.10 Å². The number of hydrogen-bond acceptors (Lipinski definition) is 4. The fourth-order valence-electron chi connectivity index (χ4n) is 2.95. The molecule has 0 radical (unpaired) electrons. The lowest BCUT2D eigenvalue weighted by Gasteiger charge is -2.34. The van der Waals surface area contributed by atoms with E-state index in [0.29, 0.717) is 17.1 Å². The Kier molecular flexibility index (Phi) is 4.50. The molecular formula is C14H19ClIN3O. The number of fused-ring (bicyclic) bond motifs is 1. The Labute approximate surface area is 138 Å². The second-order valence-electron chi connectivity index (χ2n) is 5.84. The van der Waals surface area contributed by atoms with E-state index in [0.717, 1.165) is 28.2 Å². The van der Waals surface area contributed by atoms with Gasteiger partial charge in [0.15, 0.2) is 5.82 Å². The van der Waals surface area contributed by atoms with Crippen molar-refractivity contribution in [2.24, 2.45) is 0 Å². The van der Waals surface area contributed by atoms with Gasteiger partial charge in [0.1, 0.15) is 11.3 Å². The van der Waals surface area contributed by atoms with Gasteiger partial charge in [-0.15, -0.1) is 0 Å². The Morgan fingerprint density at radius 1 is 1.40 bits per heavy atom. The fraction of sp³-hybridized carbons (Fsp3) is 0.714. The van der Waals surface area contributed by atoms with Crippen LogP contribution in [0.15, 0.2) is 0 Å². The van der Waals surface area contributed by atoms with Crippen LogP contribution in [0.3, 0.4) is 0 Å². The maximum atomic E-state index is 6.27. The summed E-state index contributed by atoms with van der Waals surface area (Å²) in [5.41, 5.74) is 1.02. The lowest BCUT2D eigenvalue weighted by Crippen LogP contribution is -2.43. The van der Waals surface area contributed by atoms with E-state index in [4.69, 9.17) is 21.3 Å². The second-order valence-corrected chi connectivity index (χ2v) is 7.28. The van der Waals surface area contributed by atoms with Gasteiger partial charge < -0.3 is 4.74 Å². The van der Waals surface area contributed by atoms with Gasteiger partial charge in [0.25, 0.3) is 0 Å². The van der Waals surface area contributed by atoms with Crippen molar-refractivity contribution in [1.82, 2.24) is 14.9 Å². The van der Waals surface area contributed by atoms with Crippen molar-refractivity contribution < 1.29 is 4.74 Å². The quantitative estimate of drug-likeness (QED) is 0.556. The molecule has 110 valence electrons. The third kappa shape index (κ3) is 2.82. The third-order valence-electron chi connectivity index (χ3n) is 4.08. The molecule has 6 heteroatoms. The average molecular weight is 408 g/mol. The maximum absolute atomic E-state index is 6.27. The molecule has 2 aliphatic heterocycles. The van der Waals surface area contributed by atoms with Crippen LogP contribution in [-0.2, 0) is 4.74 Å². The molecule has 0 aliphatic carbocycles. The Hall–Kier alpha value is 0.0200. The van der Waals surface area contributed by atoms with E-state index in [2.05, 4.69) is 46.3 Å². The fourth-order valence-corrected chi connectivity index (χ4v) is 4.00. The van der Waals surface area contributed by atoms with Gasteiger partial charge in [-0.3, -0.25) is 4.90 Å². The second kappa shape index (κ2) is 6.02. The molecule has 0 saturated carbocycles. The van der Waals surface area contributed by atoms with E-state index in [1.807, 2.05) is 0 Å². The van der Waals surface area contributed by atoms with Crippen LogP contribution in [0.2, 0.25) is 5.15 Å². The highest BCUT2D eigenvalue weighted by atomic mass is 127. The number of morpholine rings is 1. The first-order chi connectivity index (χ1) is 9.56. The van der Waals surface area contributed by atoms with Crippen LogP contribution < -0.4 is 0 Å². The normalized spacial score (nSPS) is 27.1. The summed E-state index contributed by atoms with van der Waals surface area (Å²) >= 11 is 8.49. The SMILES string of the molecule is CC(C)c1nc(C2CN3CCCC3CO2)nc(Cl)c1I. The summed E-state index contributed by atoms with van der Waals surface area (Å²) in [4.78, 5) is 11.7. The van der Waals surface area contributed by atoms with Gasteiger partial charge in [-0.1, -0.05) is 25.4 Å². The summed E-state index contributed by atoms with van der Waals surface area (Å²) in [6.07, 6.45) is 2.47. The summed E-state index contributed by atoms with van der Waals surface area (Å²) in [5.74, 6) is 1.08. The van der Waals surface area contributed by atoms with Gasteiger partial charge >= 0.3 is 0 Å². The third-order valence-corrected chi connectivity index (χ3v) is 5.73. The lowest BCUT2D eigenvalue weighted by molar-refractivity contribution is -0.0542. The first-order valence-electron chi connectivity index (χ1n) is 7.14. The van der Waals surface area contributed by atoms with Gasteiger partial charge in [0.05, 0.1) is 15.9 Å². The van der Waals surface area contributed by atoms with Crippen molar-refractivity contribution in [3.63, 3.8) is 0 Å². The predicted molar refractivity (Wildman–Crippen MR) is 87.1 cm³/mol. The molecule has 0 aromatic carbocycles. The molecule has 1 aromatic heterocycles. The van der Waals surface area contributed by atoms with Crippen molar-refractivity contribution in [3.8, 4) is 0 Å². The zero-order chi connectivity index (χ0) is 14.3. The largest absolute Gasteiger partial charge is 0.367 e. The van der Waals surface area contributed by atoms with Crippen molar-refractivity contribution in [2.45, 2.75) is 44.8 Å². The van der Waals surface area contributed by atoms with Crippen LogP contribution in [-0.4, -0.2) is 40.6 Å². The number of halogens is 2. The van der Waals surface area contributed by atoms with Gasteiger partial charge in [-0.05, 0) is 47.9 Å². The molecule has 2 saturated heterocycles. The Balaban J connectivity index is 1.86. The van der Waals surface area contributed by atoms with Gasteiger partial charge in [-0.2, -0.15) is 0 Å². The highest BCUT2D eigenvalue weighted by Crippen LogP contribution is 2.31. The van der Waals surface area contributed by atoms with Crippen molar-refractivity contribution in [1.29, 1.82) is 0 Å². The van der Waals surface area contributed by atoms with Crippen LogP contribution in [0.5, 0.6) is 0 Å². The topological polar surface area (TPSA) is 38.2 Å². The van der Waals surface area contributed by atoms with Gasteiger partial charge in [0, 0.05) is 12.6 Å². The van der Waals surface area contributed by atoms with Crippen LogP contribution in [0.1, 0.15) is 50.2 Å². The summed E-state index contributed by atoms with van der Waals surface area (Å²) in [6.45, 7) is 7.10. The zero-order valence-electron chi connectivity index (χ0n) is 11.8. The minimum atomic E-state index is -0.0450. The molecule has 20 heavy (non-hydrogen) atoms. The molecule has 3 rings (SSSR count). The zero-order valence-corrected chi connectivity index (χ0v) is 14.7. The summed E-state index contributed by atoms with van der Waals surface area (Å²) in [7, 11) is 0. The molecule has 2 unspecified atom stereocenters. The molecule has 0 bridgehead atoms. The van der Waals surface area contributed by atoms with E-state index in [9.17, 15) is 0 Å². The van der Waals surface area contributed by atoms with Crippen LogP contribution in [0.4, 0.5) is 0 Å². The van der Waals surface area contributed by atoms with Crippen molar-refractivity contribution in [2.75, 3.05) is 19.7 Å². The van der Waals surface area contributed by atoms with E-state index in [1.165, 1.54) is 19.4 Å². The Bertz CT molecular complexity index is 511. The molecule has 0 spiro atoms. The molecule has 0 amide bonds. The van der Waals surface area contributed by atoms with Gasteiger partial charge in [-0.25, -0.2) is 9.97 Å². The summed E-state index contributed by atoms with van der Waals surface area (Å²) in [6, 6.07) is 0.593. The molecule has 1 aromatic rings. The highest BCUT2D eigenvalue weighted by molar-refractivity contribution is 14.1. The monoisotopic (exact) mass is 407 g/mol. The van der Waals surface area contributed by atoms with Crippen molar-refractivity contribution >= 4 is 34.2 Å². The summed E-state index contributed by atoms with van der Waals surface area (Å²) < 4.78 is 6.94. The lowest BCUT2D eigenvalue weighted by atomic mass is 10.1. The molecule has 2 atom stereocenters. The van der Waals surface area contributed by atoms with E-state index in [1.54, 1.807) is 0 Å². The number of hydrogen-bond donors (Lipinski definition) is 0. The van der Waals surface area contributed by atoms with Crippen LogP contribution >= 0.6 is 34.2 Å². The average Bonchev–Trinajstić information content (AvgIpc) is 2.88. The van der Waals surface area contributed by atoms with Crippen LogP contribution in [0, 0.1) is 3.57 Å². The smallest absolute Gasteiger partial charge is 0.160 e. The molecular weight excluding hydrogens is 389 g/mol. The minimum absolute atomic E-state index is 0.0450. The molecule has 2 fully saturated rings. The Morgan fingerprint density at radius 2 is 2.20 bits per heavy atom. The van der Waals surface area contributed by atoms with Crippen molar-refractivity contribution in [3.05, 3.63) is 20.2 Å². The van der Waals surface area contributed by atoms with Gasteiger partial charge in [0.2, 0.25) is 0 Å². The molecule has 4 nitrogen and oxygen atoms in total. The first kappa shape index (κ1) is 14.9. The van der Waals surface area contributed by atoms with E-state index < -0.39 is 0 Å².